The van der Waals surface area contributed by atoms with Crippen molar-refractivity contribution < 1.29 is 0 Å². The maximum atomic E-state index is 4.37. The highest BCUT2D eigenvalue weighted by atomic mass is 15.2. The van der Waals surface area contributed by atoms with Crippen LogP contribution in [-0.4, -0.2) is 40.6 Å². The molecule has 1 N–H and O–H groups in total. The predicted octanol–water partition coefficient (Wildman–Crippen LogP) is 1.82. The highest BCUT2D eigenvalue weighted by molar-refractivity contribution is 5.28. The summed E-state index contributed by atoms with van der Waals surface area (Å²) in [6.45, 7) is 9.18. The zero-order valence-electron chi connectivity index (χ0n) is 10.8. The van der Waals surface area contributed by atoms with E-state index in [0.717, 1.165) is 25.6 Å². The molecule has 4 heteroatoms. The summed E-state index contributed by atoms with van der Waals surface area (Å²) in [5.41, 5.74) is 0. The fraction of sp³-hybridized carbons (Fsp3) is 0.615. The summed E-state index contributed by atoms with van der Waals surface area (Å²) < 4.78 is 2.10. The van der Waals surface area contributed by atoms with Crippen molar-refractivity contribution in [3.63, 3.8) is 0 Å². The Morgan fingerprint density at radius 3 is 3.18 bits per heavy atom. The lowest BCUT2D eigenvalue weighted by Crippen LogP contribution is -2.43. The molecule has 0 radical (unpaired) electrons. The van der Waals surface area contributed by atoms with Crippen molar-refractivity contribution in [3.05, 3.63) is 25.0 Å². The largest absolute Gasteiger partial charge is 0.353 e. The van der Waals surface area contributed by atoms with Gasteiger partial charge in [-0.05, 0) is 25.9 Å². The third-order valence-corrected chi connectivity index (χ3v) is 3.46. The van der Waals surface area contributed by atoms with Crippen LogP contribution in [0.4, 0.5) is 5.95 Å². The number of aromatic nitrogens is 2. The monoisotopic (exact) mass is 234 g/mol. The van der Waals surface area contributed by atoms with E-state index in [1.54, 1.807) is 0 Å². The Morgan fingerprint density at radius 1 is 1.65 bits per heavy atom. The molecule has 1 fully saturated rings. The average molecular weight is 234 g/mol. The van der Waals surface area contributed by atoms with Crippen LogP contribution in [-0.2, 0) is 6.54 Å². The molecule has 0 spiro atoms. The van der Waals surface area contributed by atoms with E-state index in [2.05, 4.69) is 40.3 Å². The third kappa shape index (κ3) is 2.88. The van der Waals surface area contributed by atoms with Gasteiger partial charge in [-0.25, -0.2) is 4.98 Å². The van der Waals surface area contributed by atoms with Crippen LogP contribution in [0.15, 0.2) is 25.0 Å². The molecule has 0 aromatic carbocycles. The number of nitrogens with zero attached hydrogens (tertiary/aromatic N) is 3. The molecule has 1 aliphatic heterocycles. The molecule has 0 saturated carbocycles. The molecule has 0 bridgehead atoms. The highest BCUT2D eigenvalue weighted by Crippen LogP contribution is 2.19. The van der Waals surface area contributed by atoms with E-state index in [4.69, 9.17) is 0 Å². The standard InChI is InChI=1S/C13H22N4/c1-4-7-17-9-6-14-13(17)15-12-5-8-16(3)10-11(12)2/h4,6,9,11-12H,1,5,7-8,10H2,2-3H3,(H,14,15). The van der Waals surface area contributed by atoms with E-state index < -0.39 is 0 Å². The van der Waals surface area contributed by atoms with Gasteiger partial charge < -0.3 is 14.8 Å². The molecule has 1 aromatic heterocycles. The van der Waals surface area contributed by atoms with Gasteiger partial charge in [0.25, 0.3) is 0 Å². The molecule has 2 unspecified atom stereocenters. The summed E-state index contributed by atoms with van der Waals surface area (Å²) in [7, 11) is 2.19. The minimum Gasteiger partial charge on any atom is -0.353 e. The fourth-order valence-electron chi connectivity index (χ4n) is 2.47. The van der Waals surface area contributed by atoms with Gasteiger partial charge in [0.05, 0.1) is 0 Å². The molecular weight excluding hydrogens is 212 g/mol. The van der Waals surface area contributed by atoms with Crippen molar-refractivity contribution in [2.75, 3.05) is 25.5 Å². The van der Waals surface area contributed by atoms with Gasteiger partial charge in [0.1, 0.15) is 0 Å². The number of anilines is 1. The number of hydrogen-bond acceptors (Lipinski definition) is 3. The number of allylic oxidation sites excluding steroid dienone is 1. The molecular formula is C13H22N4. The maximum absolute atomic E-state index is 4.37. The smallest absolute Gasteiger partial charge is 0.203 e. The van der Waals surface area contributed by atoms with Gasteiger partial charge in [-0.1, -0.05) is 13.0 Å². The van der Waals surface area contributed by atoms with E-state index in [1.165, 1.54) is 6.42 Å². The van der Waals surface area contributed by atoms with Gasteiger partial charge in [0.15, 0.2) is 0 Å². The van der Waals surface area contributed by atoms with Crippen LogP contribution in [0.3, 0.4) is 0 Å². The number of likely N-dealkylation sites (tertiary alicyclic amines) is 1. The second kappa shape index (κ2) is 5.36. The molecule has 0 aliphatic carbocycles. The maximum Gasteiger partial charge on any atom is 0.203 e. The lowest BCUT2D eigenvalue weighted by atomic mass is 9.94. The van der Waals surface area contributed by atoms with Crippen LogP contribution >= 0.6 is 0 Å². The molecule has 2 rings (SSSR count). The van der Waals surface area contributed by atoms with E-state index in [-0.39, 0.29) is 0 Å². The first-order valence-corrected chi connectivity index (χ1v) is 6.28. The lowest BCUT2D eigenvalue weighted by molar-refractivity contribution is 0.205. The van der Waals surface area contributed by atoms with Gasteiger partial charge in [0.2, 0.25) is 5.95 Å². The van der Waals surface area contributed by atoms with Crippen molar-refractivity contribution >= 4 is 5.95 Å². The number of nitrogens with one attached hydrogen (secondary N) is 1. The Hall–Kier alpha value is -1.29. The van der Waals surface area contributed by atoms with E-state index in [1.807, 2.05) is 18.5 Å². The van der Waals surface area contributed by atoms with Crippen LogP contribution in [0.1, 0.15) is 13.3 Å². The van der Waals surface area contributed by atoms with Crippen LogP contribution < -0.4 is 5.32 Å². The number of piperidine rings is 1. The molecule has 1 aromatic rings. The summed E-state index contributed by atoms with van der Waals surface area (Å²) in [5, 5.41) is 3.56. The third-order valence-electron chi connectivity index (χ3n) is 3.46. The number of imidazole rings is 1. The highest BCUT2D eigenvalue weighted by Gasteiger charge is 2.24. The predicted molar refractivity (Wildman–Crippen MR) is 71.1 cm³/mol. The average Bonchev–Trinajstić information content (AvgIpc) is 2.71. The van der Waals surface area contributed by atoms with E-state index in [9.17, 15) is 0 Å². The lowest BCUT2D eigenvalue weighted by Gasteiger charge is -2.35. The molecule has 2 atom stereocenters. The quantitative estimate of drug-likeness (QED) is 0.807. The summed E-state index contributed by atoms with van der Waals surface area (Å²) in [4.78, 5) is 6.76. The summed E-state index contributed by atoms with van der Waals surface area (Å²) in [6, 6.07) is 0.525. The Kier molecular flexibility index (Phi) is 3.84. The Morgan fingerprint density at radius 2 is 2.47 bits per heavy atom. The van der Waals surface area contributed by atoms with Crippen molar-refractivity contribution in [2.24, 2.45) is 5.92 Å². The minimum atomic E-state index is 0.525. The second-order valence-corrected chi connectivity index (χ2v) is 4.97. The molecule has 17 heavy (non-hydrogen) atoms. The zero-order valence-corrected chi connectivity index (χ0v) is 10.8. The Bertz CT molecular complexity index is 371. The van der Waals surface area contributed by atoms with Crippen LogP contribution in [0.5, 0.6) is 0 Å². The molecule has 0 amide bonds. The first-order chi connectivity index (χ1) is 8.20. The van der Waals surface area contributed by atoms with Crippen LogP contribution in [0.2, 0.25) is 0 Å². The summed E-state index contributed by atoms with van der Waals surface area (Å²) >= 11 is 0. The van der Waals surface area contributed by atoms with Gasteiger partial charge in [-0.2, -0.15) is 0 Å². The van der Waals surface area contributed by atoms with Gasteiger partial charge in [-0.15, -0.1) is 6.58 Å². The van der Waals surface area contributed by atoms with Gasteiger partial charge in [-0.3, -0.25) is 0 Å². The van der Waals surface area contributed by atoms with Crippen molar-refractivity contribution in [1.29, 1.82) is 0 Å². The summed E-state index contributed by atoms with van der Waals surface area (Å²) in [5.74, 6) is 1.62. The second-order valence-electron chi connectivity index (χ2n) is 4.97. The molecule has 1 saturated heterocycles. The van der Waals surface area contributed by atoms with Crippen LogP contribution in [0.25, 0.3) is 0 Å². The zero-order chi connectivity index (χ0) is 12.3. The van der Waals surface area contributed by atoms with Gasteiger partial charge in [0, 0.05) is 31.5 Å². The molecule has 1 aliphatic rings. The Balaban J connectivity index is 2.00. The fourth-order valence-corrected chi connectivity index (χ4v) is 2.47. The van der Waals surface area contributed by atoms with E-state index in [0.29, 0.717) is 12.0 Å². The summed E-state index contributed by atoms with van der Waals surface area (Å²) in [6.07, 6.45) is 6.90. The molecule has 2 heterocycles. The minimum absolute atomic E-state index is 0.525. The van der Waals surface area contributed by atoms with E-state index >= 15 is 0 Å². The topological polar surface area (TPSA) is 33.1 Å². The first kappa shape index (κ1) is 12.2. The normalized spacial score (nSPS) is 25.8. The first-order valence-electron chi connectivity index (χ1n) is 6.28. The van der Waals surface area contributed by atoms with Gasteiger partial charge >= 0.3 is 0 Å². The van der Waals surface area contributed by atoms with Crippen molar-refractivity contribution in [3.8, 4) is 0 Å². The number of hydrogen-bond donors (Lipinski definition) is 1. The molecule has 4 nitrogen and oxygen atoms in total. The number of rotatable bonds is 4. The van der Waals surface area contributed by atoms with Crippen LogP contribution in [0, 0.1) is 5.92 Å². The van der Waals surface area contributed by atoms with Crippen molar-refractivity contribution in [1.82, 2.24) is 14.5 Å². The SMILES string of the molecule is C=CCn1ccnc1NC1CCN(C)CC1C. The Labute approximate surface area is 103 Å². The van der Waals surface area contributed by atoms with Crippen molar-refractivity contribution in [2.45, 2.75) is 25.9 Å². The molecule has 94 valence electrons.